The number of ether oxygens (including phenoxy) is 1. The third-order valence-electron chi connectivity index (χ3n) is 2.54. The fraction of sp³-hybridized carbons (Fsp3) is 0.231. The highest BCUT2D eigenvalue weighted by molar-refractivity contribution is 5.72. The second-order valence-electron chi connectivity index (χ2n) is 3.94. The Hall–Kier alpha value is -2.30. The van der Waals surface area contributed by atoms with E-state index in [9.17, 15) is 4.79 Å². The number of carboxylic acid groups (broad SMARTS) is 1. The minimum Gasteiger partial charge on any atom is -0.479 e. The zero-order valence-corrected chi connectivity index (χ0v) is 9.98. The molecule has 0 aliphatic rings. The van der Waals surface area contributed by atoms with Gasteiger partial charge in [-0.25, -0.2) is 9.78 Å². The van der Waals surface area contributed by atoms with E-state index in [1.807, 2.05) is 29.0 Å². The molecule has 1 N–H and O–H groups in total. The van der Waals surface area contributed by atoms with Crippen molar-refractivity contribution in [3.8, 4) is 5.75 Å². The number of carboxylic acids is 1. The van der Waals surface area contributed by atoms with Crippen LogP contribution in [0.1, 0.15) is 12.5 Å². The molecule has 18 heavy (non-hydrogen) atoms. The Balaban J connectivity index is 2.17. The highest BCUT2D eigenvalue weighted by Crippen LogP contribution is 2.20. The first-order valence-electron chi connectivity index (χ1n) is 5.60. The number of benzene rings is 1. The van der Waals surface area contributed by atoms with Crippen LogP contribution in [-0.2, 0) is 11.3 Å². The van der Waals surface area contributed by atoms with Gasteiger partial charge in [-0.2, -0.15) is 0 Å². The molecule has 2 aromatic rings. The third-order valence-corrected chi connectivity index (χ3v) is 2.54. The number of hydrogen-bond donors (Lipinski definition) is 1. The van der Waals surface area contributed by atoms with Gasteiger partial charge in [0.25, 0.3) is 0 Å². The van der Waals surface area contributed by atoms with E-state index in [2.05, 4.69) is 4.98 Å². The fourth-order valence-corrected chi connectivity index (χ4v) is 1.57. The number of rotatable bonds is 5. The predicted octanol–water partition coefficient (Wildman–Crippen LogP) is 1.78. The molecule has 2 rings (SSSR count). The average molecular weight is 246 g/mol. The van der Waals surface area contributed by atoms with Gasteiger partial charge in [0.15, 0.2) is 6.10 Å². The van der Waals surface area contributed by atoms with Crippen molar-refractivity contribution in [2.75, 3.05) is 0 Å². The number of carbonyl (C=O) groups is 1. The van der Waals surface area contributed by atoms with Crippen molar-refractivity contribution >= 4 is 5.97 Å². The standard InChI is InChI=1S/C13H14N2O3/c1-10(13(16)17)18-12-5-3-2-4-11(12)8-15-7-6-14-9-15/h2-7,9-10H,8H2,1H3,(H,16,17). The Morgan fingerprint density at radius 2 is 2.28 bits per heavy atom. The summed E-state index contributed by atoms with van der Waals surface area (Å²) in [5.74, 6) is -0.395. The van der Waals surface area contributed by atoms with Crippen LogP contribution in [-0.4, -0.2) is 26.7 Å². The van der Waals surface area contributed by atoms with Crippen LogP contribution in [0.15, 0.2) is 43.0 Å². The first kappa shape index (κ1) is 12.2. The molecule has 0 amide bonds. The molecular formula is C13H14N2O3. The van der Waals surface area contributed by atoms with Gasteiger partial charge in [0.2, 0.25) is 0 Å². The summed E-state index contributed by atoms with van der Waals surface area (Å²) in [5, 5.41) is 8.85. The minimum absolute atomic E-state index is 0.584. The van der Waals surface area contributed by atoms with Crippen molar-refractivity contribution in [2.24, 2.45) is 0 Å². The van der Waals surface area contributed by atoms with Gasteiger partial charge >= 0.3 is 5.97 Å². The molecule has 1 aromatic heterocycles. The van der Waals surface area contributed by atoms with E-state index in [-0.39, 0.29) is 0 Å². The second-order valence-corrected chi connectivity index (χ2v) is 3.94. The second kappa shape index (κ2) is 5.35. The molecule has 0 spiro atoms. The molecule has 1 aromatic carbocycles. The molecule has 0 bridgehead atoms. The lowest BCUT2D eigenvalue weighted by Gasteiger charge is -2.14. The first-order valence-corrected chi connectivity index (χ1v) is 5.60. The van der Waals surface area contributed by atoms with Crippen LogP contribution in [0.3, 0.4) is 0 Å². The molecule has 1 atom stereocenters. The van der Waals surface area contributed by atoms with Crippen LogP contribution < -0.4 is 4.74 Å². The van der Waals surface area contributed by atoms with Crippen LogP contribution in [0.4, 0.5) is 0 Å². The van der Waals surface area contributed by atoms with Crippen LogP contribution in [0, 0.1) is 0 Å². The monoisotopic (exact) mass is 246 g/mol. The van der Waals surface area contributed by atoms with Crippen LogP contribution in [0.25, 0.3) is 0 Å². The molecule has 1 heterocycles. The van der Waals surface area contributed by atoms with Crippen molar-refractivity contribution < 1.29 is 14.6 Å². The van der Waals surface area contributed by atoms with Crippen molar-refractivity contribution in [1.82, 2.24) is 9.55 Å². The SMILES string of the molecule is CC(Oc1ccccc1Cn1ccnc1)C(=O)O. The molecule has 0 aliphatic carbocycles. The molecule has 94 valence electrons. The number of imidazole rings is 1. The quantitative estimate of drug-likeness (QED) is 0.873. The van der Waals surface area contributed by atoms with E-state index in [0.29, 0.717) is 12.3 Å². The number of nitrogens with zero attached hydrogens (tertiary/aromatic N) is 2. The highest BCUT2D eigenvalue weighted by Gasteiger charge is 2.14. The van der Waals surface area contributed by atoms with Crippen molar-refractivity contribution in [3.05, 3.63) is 48.5 Å². The topological polar surface area (TPSA) is 64.4 Å². The summed E-state index contributed by atoms with van der Waals surface area (Å²) >= 11 is 0. The van der Waals surface area contributed by atoms with Gasteiger partial charge in [0.1, 0.15) is 5.75 Å². The summed E-state index contributed by atoms with van der Waals surface area (Å²) in [7, 11) is 0. The largest absolute Gasteiger partial charge is 0.479 e. The Bertz CT molecular complexity index is 523. The Labute approximate surface area is 105 Å². The molecular weight excluding hydrogens is 232 g/mol. The minimum atomic E-state index is -0.979. The molecule has 0 fully saturated rings. The maximum Gasteiger partial charge on any atom is 0.344 e. The number of para-hydroxylation sites is 1. The Morgan fingerprint density at radius 3 is 2.94 bits per heavy atom. The van der Waals surface area contributed by atoms with E-state index >= 15 is 0 Å². The Morgan fingerprint density at radius 1 is 1.50 bits per heavy atom. The summed E-state index contributed by atoms with van der Waals surface area (Å²) in [6.45, 7) is 2.11. The number of aromatic nitrogens is 2. The highest BCUT2D eigenvalue weighted by atomic mass is 16.5. The van der Waals surface area contributed by atoms with Crippen LogP contribution in [0.2, 0.25) is 0 Å². The third kappa shape index (κ3) is 2.88. The maximum absolute atomic E-state index is 10.8. The van der Waals surface area contributed by atoms with Crippen molar-refractivity contribution in [1.29, 1.82) is 0 Å². The zero-order chi connectivity index (χ0) is 13.0. The summed E-state index contributed by atoms with van der Waals surface area (Å²) in [6, 6.07) is 7.39. The lowest BCUT2D eigenvalue weighted by molar-refractivity contribution is -0.144. The van der Waals surface area contributed by atoms with E-state index in [0.717, 1.165) is 5.56 Å². The number of hydrogen-bond acceptors (Lipinski definition) is 3. The van der Waals surface area contributed by atoms with Crippen LogP contribution >= 0.6 is 0 Å². The molecule has 5 heteroatoms. The molecule has 0 radical (unpaired) electrons. The summed E-state index contributed by atoms with van der Waals surface area (Å²) in [5.41, 5.74) is 0.920. The molecule has 0 aliphatic heterocycles. The van der Waals surface area contributed by atoms with E-state index < -0.39 is 12.1 Å². The predicted molar refractivity (Wildman–Crippen MR) is 65.5 cm³/mol. The lowest BCUT2D eigenvalue weighted by atomic mass is 10.2. The van der Waals surface area contributed by atoms with Gasteiger partial charge in [-0.3, -0.25) is 0 Å². The van der Waals surface area contributed by atoms with E-state index in [1.54, 1.807) is 18.6 Å². The van der Waals surface area contributed by atoms with Gasteiger partial charge in [0, 0.05) is 18.0 Å². The molecule has 0 saturated heterocycles. The molecule has 1 unspecified atom stereocenters. The average Bonchev–Trinajstić information content (AvgIpc) is 2.84. The normalized spacial score (nSPS) is 12.1. The Kier molecular flexibility index (Phi) is 3.62. The first-order chi connectivity index (χ1) is 8.66. The van der Waals surface area contributed by atoms with Gasteiger partial charge in [-0.1, -0.05) is 18.2 Å². The molecule has 5 nitrogen and oxygen atoms in total. The lowest BCUT2D eigenvalue weighted by Crippen LogP contribution is -2.23. The van der Waals surface area contributed by atoms with Crippen molar-refractivity contribution in [2.45, 2.75) is 19.6 Å². The van der Waals surface area contributed by atoms with Gasteiger partial charge in [-0.15, -0.1) is 0 Å². The maximum atomic E-state index is 10.8. The summed E-state index contributed by atoms with van der Waals surface area (Å²) in [4.78, 5) is 14.8. The van der Waals surface area contributed by atoms with E-state index in [4.69, 9.17) is 9.84 Å². The van der Waals surface area contributed by atoms with E-state index in [1.165, 1.54) is 6.92 Å². The zero-order valence-electron chi connectivity index (χ0n) is 9.98. The summed E-state index contributed by atoms with van der Waals surface area (Å²) < 4.78 is 7.32. The van der Waals surface area contributed by atoms with Gasteiger partial charge in [-0.05, 0) is 13.0 Å². The smallest absolute Gasteiger partial charge is 0.344 e. The summed E-state index contributed by atoms with van der Waals surface area (Å²) in [6.07, 6.45) is 4.38. The molecule has 0 saturated carbocycles. The van der Waals surface area contributed by atoms with Gasteiger partial charge < -0.3 is 14.4 Å². The van der Waals surface area contributed by atoms with Crippen molar-refractivity contribution in [3.63, 3.8) is 0 Å². The van der Waals surface area contributed by atoms with Gasteiger partial charge in [0.05, 0.1) is 12.9 Å². The fourth-order valence-electron chi connectivity index (χ4n) is 1.57. The van der Waals surface area contributed by atoms with Crippen LogP contribution in [0.5, 0.6) is 5.75 Å². The number of aliphatic carboxylic acids is 1.